The van der Waals surface area contributed by atoms with Gasteiger partial charge in [-0.25, -0.2) is 13.8 Å². The Morgan fingerprint density at radius 1 is 1.09 bits per heavy atom. The molecule has 0 spiro atoms. The molecule has 168 valence electrons. The van der Waals surface area contributed by atoms with Gasteiger partial charge in [-0.1, -0.05) is 0 Å². The summed E-state index contributed by atoms with van der Waals surface area (Å²) in [5, 5.41) is 9.24. The molecule has 33 heavy (non-hydrogen) atoms. The Morgan fingerprint density at radius 2 is 1.88 bits per heavy atom. The van der Waals surface area contributed by atoms with Crippen LogP contribution >= 0.6 is 0 Å². The van der Waals surface area contributed by atoms with Crippen LogP contribution < -0.4 is 10.5 Å². The second-order valence-corrected chi connectivity index (χ2v) is 9.59. The topological polar surface area (TPSA) is 76.0 Å². The van der Waals surface area contributed by atoms with Crippen LogP contribution in [0.1, 0.15) is 37.1 Å². The molecule has 4 heterocycles. The summed E-state index contributed by atoms with van der Waals surface area (Å²) in [5.74, 6) is -0.0766. The first-order valence-corrected chi connectivity index (χ1v) is 11.4. The fourth-order valence-corrected chi connectivity index (χ4v) is 6.01. The minimum absolute atomic E-state index is 0.150. The highest BCUT2D eigenvalue weighted by atomic mass is 19.1. The van der Waals surface area contributed by atoms with Gasteiger partial charge in [-0.05, 0) is 62.1 Å². The Labute approximate surface area is 189 Å². The van der Waals surface area contributed by atoms with Gasteiger partial charge >= 0.3 is 0 Å². The fourth-order valence-electron chi connectivity index (χ4n) is 6.01. The van der Waals surface area contributed by atoms with E-state index in [1.54, 1.807) is 18.2 Å². The number of hydrogen-bond acceptors (Lipinski definition) is 5. The number of H-pyrrole nitrogens is 1. The minimum Gasteiger partial charge on any atom is -0.369 e. The zero-order chi connectivity index (χ0) is 22.7. The summed E-state index contributed by atoms with van der Waals surface area (Å²) < 4.78 is 28.0. The van der Waals surface area contributed by atoms with Crippen LogP contribution in [0.4, 0.5) is 14.5 Å². The number of hydrogen-bond donors (Lipinski definition) is 1. The average Bonchev–Trinajstić information content (AvgIpc) is 3.37. The van der Waals surface area contributed by atoms with Crippen molar-refractivity contribution in [1.29, 1.82) is 5.26 Å². The highest BCUT2D eigenvalue weighted by Gasteiger charge is 2.59. The van der Waals surface area contributed by atoms with Gasteiger partial charge in [-0.3, -0.25) is 9.69 Å². The van der Waals surface area contributed by atoms with E-state index in [1.165, 1.54) is 18.2 Å². The molecule has 1 N–H and O–H groups in total. The minimum atomic E-state index is -0.441. The standard InChI is InChI=1S/C25H23F2N5O/c26-16-2-3-21-19(10-16)23(33)30-24(29-21)25-11-18(12-25)32(14-25)17-5-7-31(8-6-17)22-4-1-15(13-28)9-20(22)27/h1-4,9-10,17-18H,5-8,11-12,14H2,(H,29,30,33). The van der Waals surface area contributed by atoms with Gasteiger partial charge in [0.25, 0.3) is 5.56 Å². The molecule has 6 nitrogen and oxygen atoms in total. The molecule has 7 rings (SSSR count). The number of halogens is 2. The van der Waals surface area contributed by atoms with E-state index in [2.05, 4.69) is 14.8 Å². The molecule has 3 aliphatic heterocycles. The normalized spacial score (nSPS) is 25.2. The molecule has 1 aliphatic carbocycles. The monoisotopic (exact) mass is 447 g/mol. The SMILES string of the molecule is N#Cc1ccc(N2CCC(N3CC4(c5nc6ccc(F)cc6c(=O)[nH]5)CC3C4)CC2)c(F)c1. The van der Waals surface area contributed by atoms with E-state index in [4.69, 9.17) is 10.2 Å². The molecule has 2 aromatic carbocycles. The van der Waals surface area contributed by atoms with E-state index in [-0.39, 0.29) is 22.2 Å². The summed E-state index contributed by atoms with van der Waals surface area (Å²) in [6.07, 6.45) is 3.81. The fraction of sp³-hybridized carbons (Fsp3) is 0.400. The van der Waals surface area contributed by atoms with Crippen molar-refractivity contribution in [3.63, 3.8) is 0 Å². The molecule has 0 amide bonds. The van der Waals surface area contributed by atoms with Crippen LogP contribution in [0.3, 0.4) is 0 Å². The molecular weight excluding hydrogens is 424 g/mol. The van der Waals surface area contributed by atoms with Gasteiger partial charge in [0.2, 0.25) is 0 Å². The molecule has 1 aromatic heterocycles. The molecule has 0 radical (unpaired) electrons. The smallest absolute Gasteiger partial charge is 0.258 e. The summed E-state index contributed by atoms with van der Waals surface area (Å²) in [4.78, 5) is 24.8. The van der Waals surface area contributed by atoms with Gasteiger partial charge in [0, 0.05) is 37.1 Å². The maximum absolute atomic E-state index is 14.4. The summed E-state index contributed by atoms with van der Waals surface area (Å²) in [6, 6.07) is 11.7. The van der Waals surface area contributed by atoms with Gasteiger partial charge in [0.1, 0.15) is 17.5 Å². The molecular formula is C25H23F2N5O. The van der Waals surface area contributed by atoms with Crippen molar-refractivity contribution in [1.82, 2.24) is 14.9 Å². The van der Waals surface area contributed by atoms with Crippen molar-refractivity contribution in [3.8, 4) is 6.07 Å². The first-order chi connectivity index (χ1) is 16.0. The van der Waals surface area contributed by atoms with Gasteiger partial charge in [0.15, 0.2) is 0 Å². The zero-order valence-corrected chi connectivity index (χ0v) is 18.0. The molecule has 8 heteroatoms. The molecule has 2 bridgehead atoms. The van der Waals surface area contributed by atoms with Crippen LogP contribution in [0.15, 0.2) is 41.2 Å². The van der Waals surface area contributed by atoms with Crippen LogP contribution in [0.25, 0.3) is 10.9 Å². The number of fused-ring (bicyclic) bond motifs is 2. The van der Waals surface area contributed by atoms with E-state index < -0.39 is 5.82 Å². The Hall–Kier alpha value is -3.31. The van der Waals surface area contributed by atoms with Crippen molar-refractivity contribution in [2.45, 2.75) is 43.2 Å². The quantitative estimate of drug-likeness (QED) is 0.666. The summed E-state index contributed by atoms with van der Waals surface area (Å²) in [7, 11) is 0. The van der Waals surface area contributed by atoms with Gasteiger partial charge in [0.05, 0.1) is 28.2 Å². The molecule has 3 aromatic rings. The summed E-state index contributed by atoms with van der Waals surface area (Å²) in [6.45, 7) is 2.38. The first-order valence-electron chi connectivity index (χ1n) is 11.4. The number of benzene rings is 2. The third-order valence-corrected chi connectivity index (χ3v) is 7.73. The predicted octanol–water partition coefficient (Wildman–Crippen LogP) is 3.46. The average molecular weight is 447 g/mol. The lowest BCUT2D eigenvalue weighted by atomic mass is 9.69. The lowest BCUT2D eigenvalue weighted by Gasteiger charge is -2.40. The van der Waals surface area contributed by atoms with Crippen LogP contribution in [0.2, 0.25) is 0 Å². The number of nitrogens with zero attached hydrogens (tertiary/aromatic N) is 4. The summed E-state index contributed by atoms with van der Waals surface area (Å²) >= 11 is 0. The second-order valence-electron chi connectivity index (χ2n) is 9.59. The predicted molar refractivity (Wildman–Crippen MR) is 120 cm³/mol. The molecule has 4 aliphatic rings. The molecule has 3 saturated heterocycles. The van der Waals surface area contributed by atoms with Crippen molar-refractivity contribution in [2.24, 2.45) is 0 Å². The van der Waals surface area contributed by atoms with Crippen molar-refractivity contribution < 1.29 is 8.78 Å². The Morgan fingerprint density at radius 3 is 2.61 bits per heavy atom. The number of nitrogens with one attached hydrogen (secondary N) is 1. The van der Waals surface area contributed by atoms with E-state index >= 15 is 0 Å². The Kier molecular flexibility index (Phi) is 4.53. The summed E-state index contributed by atoms with van der Waals surface area (Å²) in [5.41, 5.74) is 0.985. The van der Waals surface area contributed by atoms with E-state index in [0.717, 1.165) is 45.3 Å². The molecule has 0 atom stereocenters. The number of aromatic amines is 1. The highest BCUT2D eigenvalue weighted by Crippen LogP contribution is 2.53. The largest absolute Gasteiger partial charge is 0.369 e. The number of anilines is 1. The van der Waals surface area contributed by atoms with Crippen molar-refractivity contribution in [2.75, 3.05) is 24.5 Å². The van der Waals surface area contributed by atoms with E-state index in [1.807, 2.05) is 6.07 Å². The maximum atomic E-state index is 14.4. The van der Waals surface area contributed by atoms with Gasteiger partial charge in [-0.2, -0.15) is 5.26 Å². The number of aromatic nitrogens is 2. The Bertz CT molecular complexity index is 1350. The van der Waals surface area contributed by atoms with Crippen LogP contribution in [-0.4, -0.2) is 46.6 Å². The van der Waals surface area contributed by atoms with Crippen LogP contribution in [-0.2, 0) is 5.41 Å². The lowest BCUT2D eigenvalue weighted by molar-refractivity contribution is 0.156. The van der Waals surface area contributed by atoms with Gasteiger partial charge < -0.3 is 9.88 Å². The number of piperidine rings is 1. The lowest BCUT2D eigenvalue weighted by Crippen LogP contribution is -2.46. The zero-order valence-electron chi connectivity index (χ0n) is 18.0. The molecule has 0 unspecified atom stereocenters. The van der Waals surface area contributed by atoms with E-state index in [9.17, 15) is 13.6 Å². The first kappa shape index (κ1) is 20.3. The van der Waals surface area contributed by atoms with Gasteiger partial charge in [-0.15, -0.1) is 0 Å². The molecule has 1 saturated carbocycles. The van der Waals surface area contributed by atoms with Crippen molar-refractivity contribution in [3.05, 3.63) is 69.8 Å². The highest BCUT2D eigenvalue weighted by molar-refractivity contribution is 5.77. The third-order valence-electron chi connectivity index (χ3n) is 7.73. The van der Waals surface area contributed by atoms with E-state index in [0.29, 0.717) is 34.7 Å². The number of nitriles is 1. The van der Waals surface area contributed by atoms with Crippen molar-refractivity contribution >= 4 is 16.6 Å². The third kappa shape index (κ3) is 3.22. The molecule has 4 fully saturated rings. The van der Waals surface area contributed by atoms with Crippen LogP contribution in [0.5, 0.6) is 0 Å². The maximum Gasteiger partial charge on any atom is 0.258 e. The second kappa shape index (κ2) is 7.35. The Balaban J connectivity index is 1.17. The van der Waals surface area contributed by atoms with Crippen LogP contribution in [0, 0.1) is 23.0 Å². The number of rotatable bonds is 3.